The standard InChI is InChI=1S/C13H16N2O2/c1-3-10(9-14)15-13(16)11-7-5-6-8-12(11)17-4-2/h5-8,10H,3-4H2,1-2H3,(H,15,16). The fourth-order valence-corrected chi connectivity index (χ4v) is 1.40. The molecule has 0 spiro atoms. The van der Waals surface area contributed by atoms with Crippen LogP contribution >= 0.6 is 0 Å². The lowest BCUT2D eigenvalue weighted by molar-refractivity contribution is 0.0941. The molecule has 1 atom stereocenters. The van der Waals surface area contributed by atoms with E-state index in [2.05, 4.69) is 5.32 Å². The lowest BCUT2D eigenvalue weighted by Crippen LogP contribution is -2.33. The molecule has 17 heavy (non-hydrogen) atoms. The van der Waals surface area contributed by atoms with Crippen LogP contribution in [0.1, 0.15) is 30.6 Å². The maximum Gasteiger partial charge on any atom is 0.256 e. The number of para-hydroxylation sites is 1. The Labute approximate surface area is 101 Å². The van der Waals surface area contributed by atoms with Crippen LogP contribution in [0.4, 0.5) is 0 Å². The first-order valence-electron chi connectivity index (χ1n) is 5.65. The minimum Gasteiger partial charge on any atom is -0.493 e. The minimum atomic E-state index is -0.461. The second-order valence-corrected chi connectivity index (χ2v) is 3.49. The molecule has 0 aliphatic rings. The van der Waals surface area contributed by atoms with Gasteiger partial charge in [-0.1, -0.05) is 19.1 Å². The summed E-state index contributed by atoms with van der Waals surface area (Å²) in [6.45, 7) is 4.21. The first kappa shape index (κ1) is 13.0. The summed E-state index contributed by atoms with van der Waals surface area (Å²) in [5, 5.41) is 11.4. The van der Waals surface area contributed by atoms with Gasteiger partial charge in [-0.3, -0.25) is 4.79 Å². The minimum absolute atomic E-state index is 0.276. The van der Waals surface area contributed by atoms with E-state index in [1.165, 1.54) is 0 Å². The average Bonchev–Trinajstić information content (AvgIpc) is 2.36. The summed E-state index contributed by atoms with van der Waals surface area (Å²) in [6.07, 6.45) is 0.582. The van der Waals surface area contributed by atoms with Gasteiger partial charge < -0.3 is 10.1 Å². The number of carbonyl (C=O) groups is 1. The van der Waals surface area contributed by atoms with Gasteiger partial charge in [0.05, 0.1) is 18.2 Å². The maximum atomic E-state index is 11.9. The van der Waals surface area contributed by atoms with Crippen LogP contribution in [0.25, 0.3) is 0 Å². The van der Waals surface area contributed by atoms with Gasteiger partial charge in [-0.25, -0.2) is 0 Å². The number of amides is 1. The van der Waals surface area contributed by atoms with Crippen molar-refractivity contribution in [2.45, 2.75) is 26.3 Å². The summed E-state index contributed by atoms with van der Waals surface area (Å²) in [7, 11) is 0. The third-order valence-corrected chi connectivity index (χ3v) is 2.30. The number of nitriles is 1. The topological polar surface area (TPSA) is 62.1 Å². The van der Waals surface area contributed by atoms with Gasteiger partial charge in [-0.15, -0.1) is 0 Å². The van der Waals surface area contributed by atoms with Crippen molar-refractivity contribution in [3.63, 3.8) is 0 Å². The van der Waals surface area contributed by atoms with E-state index >= 15 is 0 Å². The number of carbonyl (C=O) groups excluding carboxylic acids is 1. The van der Waals surface area contributed by atoms with Crippen LogP contribution in [-0.2, 0) is 0 Å². The molecule has 0 aromatic heterocycles. The van der Waals surface area contributed by atoms with Crippen LogP contribution in [0.2, 0.25) is 0 Å². The Morgan fingerprint density at radius 3 is 2.76 bits per heavy atom. The van der Waals surface area contributed by atoms with Gasteiger partial charge in [-0.05, 0) is 25.5 Å². The Bertz CT molecular complexity index is 424. The SMILES string of the molecule is CCOc1ccccc1C(=O)NC(C#N)CC. The van der Waals surface area contributed by atoms with Crippen LogP contribution in [0.15, 0.2) is 24.3 Å². The molecule has 0 saturated heterocycles. The lowest BCUT2D eigenvalue weighted by Gasteiger charge is -2.12. The highest BCUT2D eigenvalue weighted by atomic mass is 16.5. The van der Waals surface area contributed by atoms with Crippen LogP contribution in [-0.4, -0.2) is 18.6 Å². The molecule has 1 unspecified atom stereocenters. The predicted octanol–water partition coefficient (Wildman–Crippen LogP) is 2.12. The summed E-state index contributed by atoms with van der Waals surface area (Å²) in [4.78, 5) is 11.9. The molecule has 4 nitrogen and oxygen atoms in total. The largest absolute Gasteiger partial charge is 0.493 e. The van der Waals surface area contributed by atoms with Gasteiger partial charge >= 0.3 is 0 Å². The summed E-state index contributed by atoms with van der Waals surface area (Å²) >= 11 is 0. The second-order valence-electron chi connectivity index (χ2n) is 3.49. The molecule has 0 radical (unpaired) electrons. The Kier molecular flexibility index (Phi) is 5.02. The molecular weight excluding hydrogens is 216 g/mol. The highest BCUT2D eigenvalue weighted by Gasteiger charge is 2.15. The highest BCUT2D eigenvalue weighted by Crippen LogP contribution is 2.17. The normalized spacial score (nSPS) is 11.4. The van der Waals surface area contributed by atoms with Crippen LogP contribution in [0.3, 0.4) is 0 Å². The summed E-state index contributed by atoms with van der Waals surface area (Å²) < 4.78 is 5.36. The molecule has 0 aliphatic heterocycles. The second kappa shape index (κ2) is 6.54. The van der Waals surface area contributed by atoms with Crippen molar-refractivity contribution in [1.29, 1.82) is 5.26 Å². The van der Waals surface area contributed by atoms with Crippen LogP contribution in [0.5, 0.6) is 5.75 Å². The fraction of sp³-hybridized carbons (Fsp3) is 0.385. The Hall–Kier alpha value is -2.02. The van der Waals surface area contributed by atoms with Gasteiger partial charge in [0, 0.05) is 0 Å². The van der Waals surface area contributed by atoms with Gasteiger partial charge in [0.15, 0.2) is 0 Å². The van der Waals surface area contributed by atoms with Crippen molar-refractivity contribution in [2.24, 2.45) is 0 Å². The van der Waals surface area contributed by atoms with Crippen molar-refractivity contribution in [2.75, 3.05) is 6.61 Å². The van der Waals surface area contributed by atoms with E-state index in [-0.39, 0.29) is 5.91 Å². The number of hydrogen-bond donors (Lipinski definition) is 1. The first-order chi connectivity index (χ1) is 8.22. The van der Waals surface area contributed by atoms with E-state index in [0.29, 0.717) is 24.3 Å². The molecule has 90 valence electrons. The molecule has 0 aliphatic carbocycles. The third-order valence-electron chi connectivity index (χ3n) is 2.30. The van der Waals surface area contributed by atoms with Crippen molar-refractivity contribution in [1.82, 2.24) is 5.32 Å². The summed E-state index contributed by atoms with van der Waals surface area (Å²) in [6, 6.07) is 8.57. The maximum absolute atomic E-state index is 11.9. The summed E-state index contributed by atoms with van der Waals surface area (Å²) in [5.41, 5.74) is 0.461. The number of ether oxygens (including phenoxy) is 1. The first-order valence-corrected chi connectivity index (χ1v) is 5.65. The summed E-state index contributed by atoms with van der Waals surface area (Å²) in [5.74, 6) is 0.266. The highest BCUT2D eigenvalue weighted by molar-refractivity contribution is 5.97. The number of rotatable bonds is 5. The Balaban J connectivity index is 2.85. The van der Waals surface area contributed by atoms with Crippen molar-refractivity contribution < 1.29 is 9.53 Å². The predicted molar refractivity (Wildman–Crippen MR) is 64.8 cm³/mol. The lowest BCUT2D eigenvalue weighted by atomic mass is 10.1. The number of hydrogen-bond acceptors (Lipinski definition) is 3. The van der Waals surface area contributed by atoms with Gasteiger partial charge in [-0.2, -0.15) is 5.26 Å². The van der Waals surface area contributed by atoms with E-state index in [1.54, 1.807) is 18.2 Å². The van der Waals surface area contributed by atoms with E-state index in [1.807, 2.05) is 26.0 Å². The fourth-order valence-electron chi connectivity index (χ4n) is 1.40. The molecule has 0 heterocycles. The zero-order valence-corrected chi connectivity index (χ0v) is 10.1. The van der Waals surface area contributed by atoms with Crippen molar-refractivity contribution >= 4 is 5.91 Å². The van der Waals surface area contributed by atoms with E-state index in [9.17, 15) is 4.79 Å². The molecule has 0 bridgehead atoms. The van der Waals surface area contributed by atoms with Gasteiger partial charge in [0.25, 0.3) is 5.91 Å². The molecule has 1 aromatic carbocycles. The van der Waals surface area contributed by atoms with E-state index in [0.717, 1.165) is 0 Å². The molecule has 1 aromatic rings. The zero-order valence-electron chi connectivity index (χ0n) is 10.1. The number of benzene rings is 1. The Morgan fingerprint density at radius 1 is 1.47 bits per heavy atom. The number of nitrogens with zero attached hydrogens (tertiary/aromatic N) is 1. The quantitative estimate of drug-likeness (QED) is 0.845. The van der Waals surface area contributed by atoms with Crippen molar-refractivity contribution in [3.05, 3.63) is 29.8 Å². The molecule has 4 heteroatoms. The van der Waals surface area contributed by atoms with Gasteiger partial charge in [0.2, 0.25) is 0 Å². The molecule has 1 amide bonds. The van der Waals surface area contributed by atoms with E-state index in [4.69, 9.17) is 10.00 Å². The molecule has 0 saturated carbocycles. The monoisotopic (exact) mass is 232 g/mol. The smallest absolute Gasteiger partial charge is 0.256 e. The van der Waals surface area contributed by atoms with Crippen molar-refractivity contribution in [3.8, 4) is 11.8 Å². The average molecular weight is 232 g/mol. The van der Waals surface area contributed by atoms with Crippen LogP contribution < -0.4 is 10.1 Å². The zero-order chi connectivity index (χ0) is 12.7. The van der Waals surface area contributed by atoms with E-state index < -0.39 is 6.04 Å². The Morgan fingerprint density at radius 2 is 2.18 bits per heavy atom. The molecule has 1 rings (SSSR count). The number of nitrogens with one attached hydrogen (secondary N) is 1. The molecule has 0 fully saturated rings. The molecule has 1 N–H and O–H groups in total. The molecular formula is C13H16N2O2. The third kappa shape index (κ3) is 3.49. The van der Waals surface area contributed by atoms with Gasteiger partial charge in [0.1, 0.15) is 11.8 Å². The van der Waals surface area contributed by atoms with Crippen LogP contribution in [0, 0.1) is 11.3 Å².